The van der Waals surface area contributed by atoms with Crippen molar-refractivity contribution in [1.29, 1.82) is 0 Å². The third-order valence-electron chi connectivity index (χ3n) is 6.48. The van der Waals surface area contributed by atoms with Crippen molar-refractivity contribution in [3.8, 4) is 0 Å². The van der Waals surface area contributed by atoms with Crippen molar-refractivity contribution in [3.63, 3.8) is 0 Å². The van der Waals surface area contributed by atoms with Gasteiger partial charge in [-0.05, 0) is 73.4 Å². The second-order valence-corrected chi connectivity index (χ2v) is 9.86. The molecule has 41 heavy (non-hydrogen) atoms. The fraction of sp³-hybridized carbons (Fsp3) is 0.300. The lowest BCUT2D eigenvalue weighted by Gasteiger charge is -2.27. The van der Waals surface area contributed by atoms with Gasteiger partial charge in [0, 0.05) is 37.1 Å². The highest BCUT2D eigenvalue weighted by Crippen LogP contribution is 2.33. The number of benzene rings is 1. The predicted molar refractivity (Wildman–Crippen MR) is 166 cm³/mol. The second-order valence-electron chi connectivity index (χ2n) is 9.43. The van der Waals surface area contributed by atoms with E-state index < -0.39 is 5.82 Å². The van der Waals surface area contributed by atoms with Crippen LogP contribution >= 0.6 is 11.6 Å². The number of morpholine rings is 1. The summed E-state index contributed by atoms with van der Waals surface area (Å²) in [6.07, 6.45) is 9.11. The number of halogens is 2. The summed E-state index contributed by atoms with van der Waals surface area (Å²) in [6.45, 7) is 8.55. The van der Waals surface area contributed by atoms with E-state index in [4.69, 9.17) is 16.3 Å². The normalized spacial score (nSPS) is 15.0. The average Bonchev–Trinajstić information content (AvgIpc) is 2.98. The van der Waals surface area contributed by atoms with E-state index in [1.807, 2.05) is 35.2 Å². The highest BCUT2D eigenvalue weighted by molar-refractivity contribution is 6.31. The van der Waals surface area contributed by atoms with E-state index in [9.17, 15) is 4.39 Å². The molecular weight excluding hydrogens is 543 g/mol. The smallest absolute Gasteiger partial charge is 0.245 e. The minimum absolute atomic E-state index is 0.193. The maximum absolute atomic E-state index is 14.2. The van der Waals surface area contributed by atoms with Crippen LogP contribution in [0.3, 0.4) is 0 Å². The average molecular weight is 577 g/mol. The molecule has 0 unspecified atom stereocenters. The Morgan fingerprint density at radius 1 is 1.12 bits per heavy atom. The van der Waals surface area contributed by atoms with Gasteiger partial charge >= 0.3 is 0 Å². The van der Waals surface area contributed by atoms with Crippen molar-refractivity contribution in [2.45, 2.75) is 27.2 Å². The summed E-state index contributed by atoms with van der Waals surface area (Å²) in [6, 6.07) is 9.66. The van der Waals surface area contributed by atoms with Gasteiger partial charge in [-0.3, -0.25) is 9.98 Å². The Labute approximate surface area is 244 Å². The van der Waals surface area contributed by atoms with Gasteiger partial charge in [0.05, 0.1) is 43.2 Å². The third-order valence-corrected chi connectivity index (χ3v) is 6.70. The molecule has 0 aliphatic carbocycles. The zero-order valence-corrected chi connectivity index (χ0v) is 24.4. The van der Waals surface area contributed by atoms with Crippen LogP contribution in [0.1, 0.15) is 38.4 Å². The highest BCUT2D eigenvalue weighted by Gasteiger charge is 2.17. The number of anilines is 4. The highest BCUT2D eigenvalue weighted by atomic mass is 35.5. The second kappa shape index (κ2) is 14.5. The molecule has 0 atom stereocenters. The number of allylic oxidation sites excluding steroid dienone is 4. The molecule has 1 saturated heterocycles. The van der Waals surface area contributed by atoms with Crippen LogP contribution in [0.5, 0.6) is 0 Å². The third kappa shape index (κ3) is 8.18. The molecule has 0 spiro atoms. The fourth-order valence-corrected chi connectivity index (χ4v) is 4.59. The molecule has 0 bridgehead atoms. The van der Waals surface area contributed by atoms with Crippen LogP contribution in [0.25, 0.3) is 5.57 Å². The van der Waals surface area contributed by atoms with Crippen LogP contribution in [0, 0.1) is 5.82 Å². The number of aliphatic imine (C=N–C) groups is 1. The van der Waals surface area contributed by atoms with E-state index >= 15 is 0 Å². The van der Waals surface area contributed by atoms with Gasteiger partial charge in [-0.2, -0.15) is 10.1 Å². The molecule has 1 aliphatic rings. The molecule has 11 heteroatoms. The molecule has 3 heterocycles. The van der Waals surface area contributed by atoms with Gasteiger partial charge in [-0.1, -0.05) is 24.1 Å². The van der Waals surface area contributed by atoms with Crippen LogP contribution in [0.15, 0.2) is 70.0 Å². The zero-order valence-electron chi connectivity index (χ0n) is 23.7. The van der Waals surface area contributed by atoms with Gasteiger partial charge < -0.3 is 15.0 Å². The molecular formula is C30H34ClFN8O. The van der Waals surface area contributed by atoms with Crippen LogP contribution in [-0.2, 0) is 4.74 Å². The lowest BCUT2D eigenvalue weighted by Crippen LogP contribution is -2.37. The van der Waals surface area contributed by atoms with Gasteiger partial charge in [0.15, 0.2) is 11.6 Å². The van der Waals surface area contributed by atoms with Crippen molar-refractivity contribution >= 4 is 52.7 Å². The Bertz CT molecular complexity index is 1460. The number of pyridine rings is 1. The first-order valence-electron chi connectivity index (χ1n) is 13.4. The van der Waals surface area contributed by atoms with Crippen LogP contribution in [0.4, 0.5) is 27.5 Å². The lowest BCUT2D eigenvalue weighted by atomic mass is 9.92. The van der Waals surface area contributed by atoms with Gasteiger partial charge in [0.25, 0.3) is 0 Å². The minimum Gasteiger partial charge on any atom is -0.378 e. The minimum atomic E-state index is -0.483. The number of hydrazone groups is 1. The molecule has 1 aliphatic heterocycles. The van der Waals surface area contributed by atoms with Crippen molar-refractivity contribution in [1.82, 2.24) is 15.0 Å². The van der Waals surface area contributed by atoms with E-state index in [0.717, 1.165) is 40.7 Å². The summed E-state index contributed by atoms with van der Waals surface area (Å²) in [5, 5.41) is 8.18. The lowest BCUT2D eigenvalue weighted by molar-refractivity contribution is 0.122. The van der Waals surface area contributed by atoms with Crippen molar-refractivity contribution in [2.75, 3.05) is 49.0 Å². The molecule has 3 aromatic rings. The summed E-state index contributed by atoms with van der Waals surface area (Å²) >= 11 is 6.53. The maximum atomic E-state index is 14.2. The monoisotopic (exact) mass is 576 g/mol. The number of aromatic nitrogens is 3. The van der Waals surface area contributed by atoms with Crippen LogP contribution in [0.2, 0.25) is 5.02 Å². The number of nitrogens with zero attached hydrogens (tertiary/aromatic N) is 6. The molecule has 0 radical (unpaired) electrons. The van der Waals surface area contributed by atoms with Gasteiger partial charge in [0.2, 0.25) is 5.95 Å². The number of rotatable bonds is 10. The SMILES string of the molecule is CC/C(C)=C(/C(C)=C\C=NC)c1cc(Cl)cc(Nc2ccc(/C=N/Nc3ncc(F)c(N4CCOCC4)n3)nc2)c1. The van der Waals surface area contributed by atoms with Crippen molar-refractivity contribution < 1.29 is 9.13 Å². The summed E-state index contributed by atoms with van der Waals surface area (Å²) in [5.74, 6) is -0.0616. The van der Waals surface area contributed by atoms with Gasteiger partial charge in [0.1, 0.15) is 0 Å². The molecule has 214 valence electrons. The number of ether oxygens (including phenoxy) is 1. The number of hydrogen-bond acceptors (Lipinski definition) is 9. The summed E-state index contributed by atoms with van der Waals surface area (Å²) < 4.78 is 19.6. The quantitative estimate of drug-likeness (QED) is 0.161. The molecule has 2 aromatic heterocycles. The number of nitrogens with one attached hydrogen (secondary N) is 2. The number of hydrogen-bond donors (Lipinski definition) is 2. The Morgan fingerprint density at radius 3 is 2.63 bits per heavy atom. The summed E-state index contributed by atoms with van der Waals surface area (Å²) in [7, 11) is 1.76. The van der Waals surface area contributed by atoms with E-state index in [0.29, 0.717) is 37.0 Å². The van der Waals surface area contributed by atoms with Crippen LogP contribution in [-0.4, -0.2) is 60.7 Å². The molecule has 1 aromatic carbocycles. The first-order chi connectivity index (χ1) is 19.9. The molecule has 9 nitrogen and oxygen atoms in total. The Morgan fingerprint density at radius 2 is 1.93 bits per heavy atom. The molecule has 4 rings (SSSR count). The maximum Gasteiger partial charge on any atom is 0.245 e. The molecule has 0 saturated carbocycles. The first-order valence-corrected chi connectivity index (χ1v) is 13.7. The summed E-state index contributed by atoms with van der Waals surface area (Å²) in [5.41, 5.74) is 9.57. The van der Waals surface area contributed by atoms with E-state index in [1.165, 1.54) is 5.57 Å². The molecule has 0 amide bonds. The molecule has 1 fully saturated rings. The van der Waals surface area contributed by atoms with Crippen molar-refractivity contribution in [3.05, 3.63) is 82.0 Å². The Hall–Kier alpha value is -4.15. The largest absolute Gasteiger partial charge is 0.378 e. The van der Waals surface area contributed by atoms with Crippen LogP contribution < -0.4 is 15.6 Å². The first kappa shape index (κ1) is 29.8. The Balaban J connectivity index is 1.44. The van der Waals surface area contributed by atoms with E-state index in [1.54, 1.807) is 25.7 Å². The standard InChI is InChI=1S/C30H34ClFN8O/c1-5-20(2)28(21(3)8-9-33-4)22-14-23(31)16-26(15-22)37-25-7-6-24(34-17-25)18-36-39-30-35-19-27(32)29(38-30)40-10-12-41-13-11-40/h6-9,14-19,37H,5,10-13H2,1-4H3,(H,35,38,39)/b21-8-,28-20-,33-9?,36-18+. The van der Waals surface area contributed by atoms with Crippen molar-refractivity contribution in [2.24, 2.45) is 10.1 Å². The predicted octanol–water partition coefficient (Wildman–Crippen LogP) is 6.52. The van der Waals surface area contributed by atoms with E-state index in [-0.39, 0.29) is 11.8 Å². The zero-order chi connectivity index (χ0) is 29.2. The van der Waals surface area contributed by atoms with E-state index in [2.05, 4.69) is 62.6 Å². The van der Waals surface area contributed by atoms with Gasteiger partial charge in [-0.15, -0.1) is 0 Å². The van der Waals surface area contributed by atoms with Gasteiger partial charge in [-0.25, -0.2) is 14.8 Å². The Kier molecular flexibility index (Phi) is 10.5. The molecule has 2 N–H and O–H groups in total. The topological polar surface area (TPSA) is 99.9 Å². The fourth-order valence-electron chi connectivity index (χ4n) is 4.35. The summed E-state index contributed by atoms with van der Waals surface area (Å²) in [4.78, 5) is 18.6.